The summed E-state index contributed by atoms with van der Waals surface area (Å²) in [4.78, 5) is 11.4. The number of carboxylic acids is 1. The van der Waals surface area contributed by atoms with E-state index >= 15 is 0 Å². The molecule has 0 radical (unpaired) electrons. The lowest BCUT2D eigenvalue weighted by Gasteiger charge is -2.25. The average Bonchev–Trinajstić information content (AvgIpc) is 2.84. The molecule has 2 unspecified atom stereocenters. The first-order chi connectivity index (χ1) is 9.99. The van der Waals surface area contributed by atoms with Crippen molar-refractivity contribution in [1.29, 1.82) is 0 Å². The highest BCUT2D eigenvalue weighted by molar-refractivity contribution is 7.92. The average molecular weight is 313 g/mol. The second-order valence-corrected chi connectivity index (χ2v) is 8.24. The maximum absolute atomic E-state index is 12.1. The van der Waals surface area contributed by atoms with Crippen molar-refractivity contribution in [3.05, 3.63) is 11.6 Å². The topological polar surface area (TPSA) is 102 Å². The van der Waals surface area contributed by atoms with Crippen molar-refractivity contribution in [2.75, 3.05) is 5.75 Å². The van der Waals surface area contributed by atoms with Crippen LogP contribution in [0.15, 0.2) is 0 Å². The first-order valence-corrected chi connectivity index (χ1v) is 9.07. The number of fused-ring (bicyclic) bond motifs is 1. The Hall–Kier alpha value is -1.44. The van der Waals surface area contributed by atoms with Gasteiger partial charge in [0.15, 0.2) is 9.84 Å². The molecule has 0 aromatic carbocycles. The van der Waals surface area contributed by atoms with Gasteiger partial charge in [-0.15, -0.1) is 10.2 Å². The van der Waals surface area contributed by atoms with Crippen LogP contribution in [0.4, 0.5) is 0 Å². The summed E-state index contributed by atoms with van der Waals surface area (Å²) < 4.78 is 25.9. The molecule has 0 aliphatic carbocycles. The zero-order chi connectivity index (χ0) is 15.0. The van der Waals surface area contributed by atoms with E-state index in [0.717, 1.165) is 12.8 Å². The Morgan fingerprint density at radius 2 is 2.05 bits per heavy atom. The SMILES string of the molecule is O=C(O)C1CCCc2nnc(CC3CCCCS3(=O)=O)n21. The summed E-state index contributed by atoms with van der Waals surface area (Å²) in [5.74, 6) is 0.494. The zero-order valence-electron chi connectivity index (χ0n) is 11.7. The van der Waals surface area contributed by atoms with Gasteiger partial charge in [0.05, 0.1) is 11.0 Å². The van der Waals surface area contributed by atoms with Gasteiger partial charge in [-0.05, 0) is 25.7 Å². The van der Waals surface area contributed by atoms with E-state index in [4.69, 9.17) is 0 Å². The summed E-state index contributed by atoms with van der Waals surface area (Å²) in [7, 11) is -3.09. The Morgan fingerprint density at radius 3 is 2.76 bits per heavy atom. The van der Waals surface area contributed by atoms with Crippen molar-refractivity contribution in [3.63, 3.8) is 0 Å². The van der Waals surface area contributed by atoms with Gasteiger partial charge in [-0.25, -0.2) is 13.2 Å². The normalized spacial score (nSPS) is 28.0. The third-order valence-electron chi connectivity index (χ3n) is 4.43. The minimum absolute atomic E-state index is 0.223. The fourth-order valence-corrected chi connectivity index (χ4v) is 5.17. The molecule has 0 spiro atoms. The first kappa shape index (κ1) is 14.5. The van der Waals surface area contributed by atoms with E-state index in [2.05, 4.69) is 10.2 Å². The van der Waals surface area contributed by atoms with Crippen molar-refractivity contribution in [2.24, 2.45) is 0 Å². The standard InChI is InChI=1S/C13H19N3O4S/c17-13(18)10-5-3-6-11-14-15-12(16(10)11)8-9-4-1-2-7-21(9,19)20/h9-10H,1-8H2,(H,17,18). The molecule has 7 nitrogen and oxygen atoms in total. The Kier molecular flexibility index (Phi) is 3.73. The summed E-state index contributed by atoms with van der Waals surface area (Å²) in [6, 6.07) is -0.662. The molecule has 3 heterocycles. The fourth-order valence-electron chi connectivity index (χ4n) is 3.30. The lowest BCUT2D eigenvalue weighted by molar-refractivity contribution is -0.141. The smallest absolute Gasteiger partial charge is 0.326 e. The van der Waals surface area contributed by atoms with E-state index in [1.807, 2.05) is 0 Å². The second-order valence-electron chi connectivity index (χ2n) is 5.84. The molecule has 116 valence electrons. The van der Waals surface area contributed by atoms with E-state index in [1.165, 1.54) is 0 Å². The molecule has 0 saturated carbocycles. The highest BCUT2D eigenvalue weighted by Gasteiger charge is 2.34. The summed E-state index contributed by atoms with van der Waals surface area (Å²) in [6.45, 7) is 0. The molecule has 8 heteroatoms. The number of rotatable bonds is 3. The van der Waals surface area contributed by atoms with E-state index < -0.39 is 27.1 Å². The van der Waals surface area contributed by atoms with E-state index in [1.54, 1.807) is 4.57 Å². The summed E-state index contributed by atoms with van der Waals surface area (Å²) in [5, 5.41) is 17.0. The third kappa shape index (κ3) is 2.68. The number of sulfone groups is 1. The number of hydrogen-bond donors (Lipinski definition) is 1. The third-order valence-corrected chi connectivity index (χ3v) is 6.71. The molecule has 0 amide bonds. The van der Waals surface area contributed by atoms with Crippen LogP contribution in [0, 0.1) is 0 Å². The molecule has 1 saturated heterocycles. The monoisotopic (exact) mass is 313 g/mol. The molecule has 21 heavy (non-hydrogen) atoms. The Bertz CT molecular complexity index is 652. The van der Waals surface area contributed by atoms with Crippen LogP contribution in [0.25, 0.3) is 0 Å². The molecule has 3 rings (SSSR count). The first-order valence-electron chi connectivity index (χ1n) is 7.36. The van der Waals surface area contributed by atoms with E-state index in [-0.39, 0.29) is 12.2 Å². The van der Waals surface area contributed by atoms with Gasteiger partial charge in [-0.3, -0.25) is 0 Å². The van der Waals surface area contributed by atoms with Gasteiger partial charge in [0.1, 0.15) is 17.7 Å². The van der Waals surface area contributed by atoms with E-state index in [9.17, 15) is 18.3 Å². The summed E-state index contributed by atoms with van der Waals surface area (Å²) >= 11 is 0. The van der Waals surface area contributed by atoms with Gasteiger partial charge in [-0.2, -0.15) is 0 Å². The van der Waals surface area contributed by atoms with Crippen molar-refractivity contribution in [3.8, 4) is 0 Å². The van der Waals surface area contributed by atoms with Crippen molar-refractivity contribution in [2.45, 2.75) is 56.2 Å². The van der Waals surface area contributed by atoms with Crippen LogP contribution in [0.1, 0.15) is 49.8 Å². The zero-order valence-corrected chi connectivity index (χ0v) is 12.5. The molecule has 1 aromatic rings. The predicted octanol–water partition coefficient (Wildman–Crippen LogP) is 0.750. The fraction of sp³-hybridized carbons (Fsp3) is 0.769. The molecule has 0 bridgehead atoms. The van der Waals surface area contributed by atoms with Gasteiger partial charge < -0.3 is 9.67 Å². The minimum atomic E-state index is -3.09. The van der Waals surface area contributed by atoms with Crippen LogP contribution < -0.4 is 0 Å². The van der Waals surface area contributed by atoms with Crippen LogP contribution in [0.2, 0.25) is 0 Å². The van der Waals surface area contributed by atoms with Crippen LogP contribution in [-0.4, -0.2) is 45.3 Å². The van der Waals surface area contributed by atoms with Crippen LogP contribution in [0.5, 0.6) is 0 Å². The van der Waals surface area contributed by atoms with Crippen LogP contribution in [0.3, 0.4) is 0 Å². The number of hydrogen-bond acceptors (Lipinski definition) is 5. The van der Waals surface area contributed by atoms with Gasteiger partial charge >= 0.3 is 5.97 Å². The minimum Gasteiger partial charge on any atom is -0.480 e. The van der Waals surface area contributed by atoms with Gasteiger partial charge in [-0.1, -0.05) is 6.42 Å². The lowest BCUT2D eigenvalue weighted by atomic mass is 10.0. The van der Waals surface area contributed by atoms with Crippen LogP contribution in [-0.2, 0) is 27.5 Å². The number of nitrogens with zero attached hydrogens (tertiary/aromatic N) is 3. The van der Waals surface area contributed by atoms with Crippen molar-refractivity contribution >= 4 is 15.8 Å². The van der Waals surface area contributed by atoms with Gasteiger partial charge in [0.2, 0.25) is 0 Å². The Morgan fingerprint density at radius 1 is 1.24 bits per heavy atom. The maximum atomic E-state index is 12.1. The molecule has 1 aromatic heterocycles. The lowest BCUT2D eigenvalue weighted by Crippen LogP contribution is -2.33. The molecule has 2 aliphatic rings. The van der Waals surface area contributed by atoms with Crippen molar-refractivity contribution < 1.29 is 18.3 Å². The van der Waals surface area contributed by atoms with E-state index in [0.29, 0.717) is 37.3 Å². The number of carbonyl (C=O) groups is 1. The Balaban J connectivity index is 1.90. The Labute approximate surface area is 123 Å². The molecule has 1 N–H and O–H groups in total. The number of aryl methyl sites for hydroxylation is 1. The van der Waals surface area contributed by atoms with Crippen LogP contribution >= 0.6 is 0 Å². The largest absolute Gasteiger partial charge is 0.480 e. The maximum Gasteiger partial charge on any atom is 0.326 e. The number of aromatic nitrogens is 3. The number of aliphatic carboxylic acids is 1. The van der Waals surface area contributed by atoms with Crippen molar-refractivity contribution in [1.82, 2.24) is 14.8 Å². The van der Waals surface area contributed by atoms with Gasteiger partial charge in [0, 0.05) is 12.8 Å². The predicted molar refractivity (Wildman–Crippen MR) is 74.8 cm³/mol. The quantitative estimate of drug-likeness (QED) is 0.883. The molecular weight excluding hydrogens is 294 g/mol. The molecule has 2 atom stereocenters. The highest BCUT2D eigenvalue weighted by Crippen LogP contribution is 2.28. The summed E-state index contributed by atoms with van der Waals surface area (Å²) in [5.41, 5.74) is 0. The molecular formula is C13H19N3O4S. The molecule has 2 aliphatic heterocycles. The summed E-state index contributed by atoms with van der Waals surface area (Å²) in [6.07, 6.45) is 4.54. The number of carboxylic acid groups (broad SMARTS) is 1. The highest BCUT2D eigenvalue weighted by atomic mass is 32.2. The second kappa shape index (κ2) is 5.40. The van der Waals surface area contributed by atoms with Gasteiger partial charge in [0.25, 0.3) is 0 Å². The molecule has 1 fully saturated rings.